The van der Waals surface area contributed by atoms with Gasteiger partial charge >= 0.3 is 0 Å². The fourth-order valence-corrected chi connectivity index (χ4v) is 3.16. The Morgan fingerprint density at radius 2 is 1.79 bits per heavy atom. The van der Waals surface area contributed by atoms with Crippen LogP contribution in [0.1, 0.15) is 9.81 Å². The van der Waals surface area contributed by atoms with Crippen LogP contribution in [0.3, 0.4) is 0 Å². The number of benzene rings is 2. The summed E-state index contributed by atoms with van der Waals surface area (Å²) in [6.07, 6.45) is 1.75. The number of furan rings is 1. The Kier molecular flexibility index (Phi) is 2.15. The van der Waals surface area contributed by atoms with Crippen molar-refractivity contribution in [2.45, 2.75) is 6.85 Å². The largest absolute Gasteiger partial charge is 0.453 e. The third kappa shape index (κ3) is 1.85. The highest BCUT2D eigenvalue weighted by atomic mass is 16.3. The molecule has 0 aliphatic heterocycles. The normalized spacial score (nSPS) is 13.9. The molecule has 24 heavy (non-hydrogen) atoms. The molecule has 0 fully saturated rings. The summed E-state index contributed by atoms with van der Waals surface area (Å²) in [5, 5.41) is 2.70. The minimum atomic E-state index is -2.26. The maximum atomic E-state index is 7.64. The second-order valence-electron chi connectivity index (χ2n) is 5.71. The van der Waals surface area contributed by atoms with Crippen molar-refractivity contribution in [3.05, 3.63) is 72.6 Å². The summed E-state index contributed by atoms with van der Waals surface area (Å²) >= 11 is 0. The van der Waals surface area contributed by atoms with Gasteiger partial charge in [0, 0.05) is 37.7 Å². The van der Waals surface area contributed by atoms with Gasteiger partial charge < -0.3 is 4.42 Å². The molecule has 0 atom stereocenters. The first-order chi connectivity index (χ1) is 13.0. The summed E-state index contributed by atoms with van der Waals surface area (Å²) in [4.78, 5) is 8.83. The molecule has 0 aliphatic carbocycles. The SMILES string of the molecule is [2H]C([2H])([2H])c1ccc2ccc3c4cccc(-c5ccccn5)c4oc3c2n1. The van der Waals surface area contributed by atoms with E-state index in [1.807, 2.05) is 48.5 Å². The van der Waals surface area contributed by atoms with Crippen molar-refractivity contribution in [1.29, 1.82) is 0 Å². The molecule has 5 aromatic rings. The quantitative estimate of drug-likeness (QED) is 0.410. The van der Waals surface area contributed by atoms with E-state index in [9.17, 15) is 0 Å². The highest BCUT2D eigenvalue weighted by molar-refractivity contribution is 6.16. The van der Waals surface area contributed by atoms with Crippen LogP contribution in [0.2, 0.25) is 0 Å². The van der Waals surface area contributed by atoms with Crippen LogP contribution in [0.15, 0.2) is 71.3 Å². The van der Waals surface area contributed by atoms with E-state index in [0.717, 1.165) is 33.0 Å². The molecule has 0 bridgehead atoms. The Balaban J connectivity index is 1.88. The van der Waals surface area contributed by atoms with Crippen LogP contribution in [0.4, 0.5) is 0 Å². The highest BCUT2D eigenvalue weighted by Crippen LogP contribution is 2.37. The van der Waals surface area contributed by atoms with E-state index < -0.39 is 6.85 Å². The number of para-hydroxylation sites is 1. The van der Waals surface area contributed by atoms with E-state index >= 15 is 0 Å². The van der Waals surface area contributed by atoms with Gasteiger partial charge in [-0.1, -0.05) is 30.3 Å². The Hall–Kier alpha value is -3.20. The molecule has 3 aromatic heterocycles. The standard InChI is InChI=1S/C21H14N2O/c1-13-8-9-14-10-11-16-15-5-4-6-17(18-7-2-3-12-22-18)20(15)24-21(16)19(14)23-13/h2-12H,1H3/i1D3. The molecule has 0 saturated heterocycles. The van der Waals surface area contributed by atoms with Crippen molar-refractivity contribution in [2.24, 2.45) is 0 Å². The third-order valence-corrected chi connectivity index (χ3v) is 4.27. The molecule has 0 saturated carbocycles. The number of hydrogen-bond acceptors (Lipinski definition) is 3. The Morgan fingerprint density at radius 3 is 2.67 bits per heavy atom. The van der Waals surface area contributed by atoms with Crippen molar-refractivity contribution in [1.82, 2.24) is 9.97 Å². The van der Waals surface area contributed by atoms with E-state index in [-0.39, 0.29) is 5.69 Å². The zero-order valence-corrected chi connectivity index (χ0v) is 12.7. The smallest absolute Gasteiger partial charge is 0.161 e. The van der Waals surface area contributed by atoms with E-state index in [1.165, 1.54) is 0 Å². The molecule has 2 aromatic carbocycles. The summed E-state index contributed by atoms with van der Waals surface area (Å²) < 4.78 is 29.2. The molecule has 3 nitrogen and oxygen atoms in total. The van der Waals surface area contributed by atoms with Crippen LogP contribution in [-0.2, 0) is 0 Å². The predicted octanol–water partition coefficient (Wildman–Crippen LogP) is 5.50. The number of pyridine rings is 2. The summed E-state index contributed by atoms with van der Waals surface area (Å²) in [5.74, 6) is 0. The average Bonchev–Trinajstić information content (AvgIpc) is 3.07. The lowest BCUT2D eigenvalue weighted by molar-refractivity contribution is 0.672. The second-order valence-corrected chi connectivity index (χ2v) is 5.71. The lowest BCUT2D eigenvalue weighted by Crippen LogP contribution is -1.82. The van der Waals surface area contributed by atoms with E-state index in [2.05, 4.69) is 9.97 Å². The van der Waals surface area contributed by atoms with Crippen molar-refractivity contribution >= 4 is 32.8 Å². The van der Waals surface area contributed by atoms with Crippen LogP contribution in [0.25, 0.3) is 44.1 Å². The van der Waals surface area contributed by atoms with Crippen LogP contribution < -0.4 is 0 Å². The fraction of sp³-hybridized carbons (Fsp3) is 0.0476. The molecule has 5 rings (SSSR count). The molecule has 0 radical (unpaired) electrons. The first-order valence-corrected chi connectivity index (χ1v) is 7.69. The molecule has 0 unspecified atom stereocenters. The molecule has 0 amide bonds. The van der Waals surface area contributed by atoms with Crippen LogP contribution in [0, 0.1) is 6.85 Å². The van der Waals surface area contributed by atoms with Crippen molar-refractivity contribution in [2.75, 3.05) is 0 Å². The zero-order chi connectivity index (χ0) is 18.6. The second kappa shape index (κ2) is 4.90. The molecule has 3 heterocycles. The van der Waals surface area contributed by atoms with Crippen molar-refractivity contribution in [3.63, 3.8) is 0 Å². The number of rotatable bonds is 1. The first-order valence-electron chi connectivity index (χ1n) is 9.19. The zero-order valence-electron chi connectivity index (χ0n) is 15.7. The van der Waals surface area contributed by atoms with Gasteiger partial charge in [-0.3, -0.25) is 4.98 Å². The summed E-state index contributed by atoms with van der Waals surface area (Å²) in [5.41, 5.74) is 3.65. The summed E-state index contributed by atoms with van der Waals surface area (Å²) in [7, 11) is 0. The number of aromatic nitrogens is 2. The number of fused-ring (bicyclic) bond motifs is 5. The van der Waals surface area contributed by atoms with E-state index in [1.54, 1.807) is 18.3 Å². The molecule has 0 spiro atoms. The van der Waals surface area contributed by atoms with Crippen molar-refractivity contribution in [3.8, 4) is 11.3 Å². The third-order valence-electron chi connectivity index (χ3n) is 4.27. The van der Waals surface area contributed by atoms with Gasteiger partial charge in [-0.2, -0.15) is 0 Å². The summed E-state index contributed by atoms with van der Waals surface area (Å²) in [6.45, 7) is -2.26. The minimum Gasteiger partial charge on any atom is -0.453 e. The molecule has 0 aliphatic rings. The molecular weight excluding hydrogens is 296 g/mol. The maximum Gasteiger partial charge on any atom is 0.161 e. The molecule has 3 heteroatoms. The summed E-state index contributed by atoms with van der Waals surface area (Å²) in [6, 6.07) is 18.9. The lowest BCUT2D eigenvalue weighted by atomic mass is 10.1. The first kappa shape index (κ1) is 10.6. The monoisotopic (exact) mass is 313 g/mol. The van der Waals surface area contributed by atoms with Gasteiger partial charge in [0.1, 0.15) is 11.1 Å². The Morgan fingerprint density at radius 1 is 0.875 bits per heavy atom. The van der Waals surface area contributed by atoms with Gasteiger partial charge in [-0.15, -0.1) is 0 Å². The van der Waals surface area contributed by atoms with Crippen LogP contribution in [0.5, 0.6) is 0 Å². The molecule has 114 valence electrons. The average molecular weight is 313 g/mol. The van der Waals surface area contributed by atoms with Gasteiger partial charge in [0.25, 0.3) is 0 Å². The van der Waals surface area contributed by atoms with E-state index in [4.69, 9.17) is 8.53 Å². The highest BCUT2D eigenvalue weighted by Gasteiger charge is 2.15. The van der Waals surface area contributed by atoms with E-state index in [0.29, 0.717) is 11.1 Å². The topological polar surface area (TPSA) is 38.9 Å². The minimum absolute atomic E-state index is 0.0629. The van der Waals surface area contributed by atoms with Crippen LogP contribution >= 0.6 is 0 Å². The van der Waals surface area contributed by atoms with Crippen molar-refractivity contribution < 1.29 is 8.53 Å². The fourth-order valence-electron chi connectivity index (χ4n) is 3.16. The maximum absolute atomic E-state index is 7.64. The van der Waals surface area contributed by atoms with Gasteiger partial charge in [0.15, 0.2) is 5.58 Å². The lowest BCUT2D eigenvalue weighted by Gasteiger charge is -2.00. The van der Waals surface area contributed by atoms with Gasteiger partial charge in [0.2, 0.25) is 0 Å². The van der Waals surface area contributed by atoms with Crippen LogP contribution in [-0.4, -0.2) is 9.97 Å². The number of nitrogens with zero attached hydrogens (tertiary/aromatic N) is 2. The predicted molar refractivity (Wildman–Crippen MR) is 97.0 cm³/mol. The number of aryl methyl sites for hydroxylation is 1. The van der Waals surface area contributed by atoms with Gasteiger partial charge in [-0.25, -0.2) is 4.98 Å². The number of hydrogen-bond donors (Lipinski definition) is 0. The van der Waals surface area contributed by atoms with Gasteiger partial charge in [0.05, 0.1) is 5.69 Å². The molecular formula is C21H14N2O. The molecule has 0 N–H and O–H groups in total. The Bertz CT molecular complexity index is 1310. The Labute approximate surface area is 142 Å². The van der Waals surface area contributed by atoms with Gasteiger partial charge in [-0.05, 0) is 37.2 Å².